The minimum absolute atomic E-state index is 0.0705. The number of morpholine rings is 1. The molecular formula is C25H24F4N4O2. The lowest BCUT2D eigenvalue weighted by Gasteiger charge is -2.32. The molecule has 35 heavy (non-hydrogen) atoms. The molecule has 0 N–H and O–H groups in total. The van der Waals surface area contributed by atoms with Crippen LogP contribution in [0, 0.1) is 5.82 Å². The van der Waals surface area contributed by atoms with Crippen molar-refractivity contribution in [2.75, 3.05) is 37.7 Å². The molecule has 0 bridgehead atoms. The van der Waals surface area contributed by atoms with Gasteiger partial charge in [0, 0.05) is 39.1 Å². The van der Waals surface area contributed by atoms with Crippen LogP contribution in [0.2, 0.25) is 0 Å². The lowest BCUT2D eigenvalue weighted by atomic mass is 10.0. The van der Waals surface area contributed by atoms with Crippen molar-refractivity contribution in [1.29, 1.82) is 0 Å². The first-order chi connectivity index (χ1) is 16.9. The van der Waals surface area contributed by atoms with Gasteiger partial charge < -0.3 is 14.4 Å². The van der Waals surface area contributed by atoms with Gasteiger partial charge in [0.2, 0.25) is 11.8 Å². The highest BCUT2D eigenvalue weighted by Gasteiger charge is 2.30. The summed E-state index contributed by atoms with van der Waals surface area (Å²) < 4.78 is 64.4. The molecule has 0 spiro atoms. The first kappa shape index (κ1) is 23.5. The van der Waals surface area contributed by atoms with Crippen LogP contribution < -0.4 is 9.64 Å². The lowest BCUT2D eigenvalue weighted by molar-refractivity contribution is -0.137. The van der Waals surface area contributed by atoms with Crippen LogP contribution in [0.15, 0.2) is 48.5 Å². The number of ether oxygens (including phenoxy) is 2. The van der Waals surface area contributed by atoms with Gasteiger partial charge in [-0.05, 0) is 29.8 Å². The molecule has 0 aliphatic carbocycles. The highest BCUT2D eigenvalue weighted by Crippen LogP contribution is 2.33. The number of benzene rings is 2. The number of nitrogens with zero attached hydrogens (tertiary/aromatic N) is 4. The van der Waals surface area contributed by atoms with E-state index in [0.717, 1.165) is 29.0 Å². The fourth-order valence-corrected chi connectivity index (χ4v) is 4.24. The fourth-order valence-electron chi connectivity index (χ4n) is 4.24. The molecule has 3 heterocycles. The van der Waals surface area contributed by atoms with Gasteiger partial charge in [-0.1, -0.05) is 24.3 Å². The highest BCUT2D eigenvalue weighted by atomic mass is 19.4. The second kappa shape index (κ2) is 9.79. The largest absolute Gasteiger partial charge is 0.435 e. The summed E-state index contributed by atoms with van der Waals surface area (Å²) in [5.41, 5.74) is 1.68. The Labute approximate surface area is 200 Å². The van der Waals surface area contributed by atoms with Gasteiger partial charge in [0.1, 0.15) is 0 Å². The van der Waals surface area contributed by atoms with E-state index in [1.165, 1.54) is 18.2 Å². The Morgan fingerprint density at radius 2 is 1.69 bits per heavy atom. The molecule has 2 aliphatic rings. The first-order valence-corrected chi connectivity index (χ1v) is 11.4. The minimum Gasteiger partial charge on any atom is -0.435 e. The molecule has 5 rings (SSSR count). The van der Waals surface area contributed by atoms with E-state index in [9.17, 15) is 17.6 Å². The van der Waals surface area contributed by atoms with Gasteiger partial charge >= 0.3 is 6.18 Å². The number of aromatic nitrogens is 2. The maximum Gasteiger partial charge on any atom is 0.416 e. The SMILES string of the molecule is Fc1ccccc1Oc1nc(N2CCOCC2)nc2c1CN(Cc1ccc(C(F)(F)F)cc1)CC2. The number of hydrogen-bond donors (Lipinski definition) is 0. The Morgan fingerprint density at radius 1 is 0.943 bits per heavy atom. The van der Waals surface area contributed by atoms with Crippen molar-refractivity contribution in [1.82, 2.24) is 14.9 Å². The zero-order chi connectivity index (χ0) is 24.4. The number of anilines is 1. The van der Waals surface area contributed by atoms with Gasteiger partial charge in [0.05, 0.1) is 30.0 Å². The maximum absolute atomic E-state index is 14.4. The Balaban J connectivity index is 1.41. The Bertz CT molecular complexity index is 1180. The minimum atomic E-state index is -4.36. The Morgan fingerprint density at radius 3 is 2.40 bits per heavy atom. The molecule has 0 amide bonds. The van der Waals surface area contributed by atoms with Crippen LogP contribution in [0.25, 0.3) is 0 Å². The molecule has 2 aliphatic heterocycles. The first-order valence-electron chi connectivity index (χ1n) is 11.4. The maximum atomic E-state index is 14.4. The Kier molecular flexibility index (Phi) is 6.57. The third kappa shape index (κ3) is 5.38. The highest BCUT2D eigenvalue weighted by molar-refractivity contribution is 5.44. The van der Waals surface area contributed by atoms with Crippen LogP contribution in [0.4, 0.5) is 23.5 Å². The quantitative estimate of drug-likeness (QED) is 0.480. The summed E-state index contributed by atoms with van der Waals surface area (Å²) in [5, 5.41) is 0. The van der Waals surface area contributed by atoms with Gasteiger partial charge in [0.25, 0.3) is 0 Å². The van der Waals surface area contributed by atoms with Crippen LogP contribution in [0.3, 0.4) is 0 Å². The summed E-state index contributed by atoms with van der Waals surface area (Å²) in [6, 6.07) is 11.3. The van der Waals surface area contributed by atoms with E-state index in [0.29, 0.717) is 64.2 Å². The molecule has 0 saturated carbocycles. The van der Waals surface area contributed by atoms with Crippen molar-refractivity contribution in [2.24, 2.45) is 0 Å². The van der Waals surface area contributed by atoms with E-state index >= 15 is 0 Å². The van der Waals surface area contributed by atoms with Crippen LogP contribution in [0.5, 0.6) is 11.6 Å². The summed E-state index contributed by atoms with van der Waals surface area (Å²) in [5.74, 6) is 0.389. The number of para-hydroxylation sites is 1. The van der Waals surface area contributed by atoms with Gasteiger partial charge in [-0.2, -0.15) is 18.2 Å². The molecular weight excluding hydrogens is 464 g/mol. The average molecular weight is 488 g/mol. The molecule has 1 saturated heterocycles. The van der Waals surface area contributed by atoms with Gasteiger partial charge in [-0.25, -0.2) is 9.37 Å². The second-order valence-electron chi connectivity index (χ2n) is 8.54. The van der Waals surface area contributed by atoms with Gasteiger partial charge in [0.15, 0.2) is 11.6 Å². The van der Waals surface area contributed by atoms with Gasteiger partial charge in [-0.15, -0.1) is 0 Å². The third-order valence-corrected chi connectivity index (χ3v) is 6.11. The van der Waals surface area contributed by atoms with E-state index in [1.54, 1.807) is 18.2 Å². The van der Waals surface area contributed by atoms with E-state index in [-0.39, 0.29) is 5.75 Å². The zero-order valence-electron chi connectivity index (χ0n) is 18.9. The van der Waals surface area contributed by atoms with Crippen LogP contribution in [-0.4, -0.2) is 47.7 Å². The molecule has 184 valence electrons. The number of rotatable bonds is 5. The van der Waals surface area contributed by atoms with Gasteiger partial charge in [-0.3, -0.25) is 4.90 Å². The predicted molar refractivity (Wildman–Crippen MR) is 121 cm³/mol. The number of halogens is 4. The van der Waals surface area contributed by atoms with Crippen LogP contribution in [0.1, 0.15) is 22.4 Å². The summed E-state index contributed by atoms with van der Waals surface area (Å²) in [7, 11) is 0. The summed E-state index contributed by atoms with van der Waals surface area (Å²) in [6.07, 6.45) is -3.75. The second-order valence-corrected chi connectivity index (χ2v) is 8.54. The van der Waals surface area contributed by atoms with Crippen molar-refractivity contribution in [3.05, 3.63) is 76.7 Å². The van der Waals surface area contributed by atoms with Crippen molar-refractivity contribution in [3.63, 3.8) is 0 Å². The van der Waals surface area contributed by atoms with Crippen molar-refractivity contribution in [2.45, 2.75) is 25.7 Å². The molecule has 0 unspecified atom stereocenters. The lowest BCUT2D eigenvalue weighted by Crippen LogP contribution is -2.38. The molecule has 6 nitrogen and oxygen atoms in total. The summed E-state index contributed by atoms with van der Waals surface area (Å²) in [6.45, 7) is 4.02. The van der Waals surface area contributed by atoms with Crippen LogP contribution in [-0.2, 0) is 30.4 Å². The van der Waals surface area contributed by atoms with Crippen molar-refractivity contribution >= 4 is 5.95 Å². The summed E-state index contributed by atoms with van der Waals surface area (Å²) in [4.78, 5) is 13.5. The fraction of sp³-hybridized carbons (Fsp3) is 0.360. The van der Waals surface area contributed by atoms with E-state index in [2.05, 4.69) is 9.88 Å². The van der Waals surface area contributed by atoms with Crippen molar-refractivity contribution < 1.29 is 27.0 Å². The normalized spacial score (nSPS) is 16.7. The van der Waals surface area contributed by atoms with E-state index in [1.807, 2.05) is 4.90 Å². The molecule has 0 atom stereocenters. The van der Waals surface area contributed by atoms with Crippen molar-refractivity contribution in [3.8, 4) is 11.6 Å². The topological polar surface area (TPSA) is 50.7 Å². The smallest absolute Gasteiger partial charge is 0.416 e. The number of alkyl halides is 3. The number of hydrogen-bond acceptors (Lipinski definition) is 6. The molecule has 1 aromatic heterocycles. The van der Waals surface area contributed by atoms with Crippen LogP contribution >= 0.6 is 0 Å². The molecule has 1 fully saturated rings. The zero-order valence-corrected chi connectivity index (χ0v) is 18.9. The molecule has 3 aromatic rings. The molecule has 0 radical (unpaired) electrons. The average Bonchev–Trinajstić information content (AvgIpc) is 2.86. The Hall–Kier alpha value is -3.24. The third-order valence-electron chi connectivity index (χ3n) is 6.11. The monoisotopic (exact) mass is 488 g/mol. The summed E-state index contributed by atoms with van der Waals surface area (Å²) >= 11 is 0. The van der Waals surface area contributed by atoms with E-state index < -0.39 is 17.6 Å². The molecule has 2 aromatic carbocycles. The number of fused-ring (bicyclic) bond motifs is 1. The standard InChI is InChI=1S/C25H24F4N4O2/c26-20-3-1-2-4-22(20)35-23-19-16-32(15-17-5-7-18(8-6-17)25(27,28)29)10-9-21(19)30-24(31-23)33-11-13-34-14-12-33/h1-8H,9-16H2. The predicted octanol–water partition coefficient (Wildman–Crippen LogP) is 4.82. The molecule has 10 heteroatoms. The van der Waals surface area contributed by atoms with E-state index in [4.69, 9.17) is 14.5 Å².